The van der Waals surface area contributed by atoms with Gasteiger partial charge >= 0.3 is 0 Å². The van der Waals surface area contributed by atoms with Gasteiger partial charge in [-0.2, -0.15) is 4.98 Å². The monoisotopic (exact) mass is 393 g/mol. The molecule has 0 aliphatic rings. The number of hydrogen-bond acceptors (Lipinski definition) is 6. The molecule has 2 aromatic heterocycles. The van der Waals surface area contributed by atoms with Crippen LogP contribution in [0.2, 0.25) is 0 Å². The van der Waals surface area contributed by atoms with Crippen LogP contribution in [-0.2, 0) is 4.79 Å². The number of rotatable bonds is 8. The van der Waals surface area contributed by atoms with Crippen LogP contribution in [0.4, 0.5) is 17.5 Å². The standard InChI is InChI=1S/C21H23N5OS/c1-15-5-7-17(8-6-15)25-19-14-16(2)24-21(26-19)23-12-11-22-20(27)10-9-18-4-3-13-28-18/h3-10,13-14H,11-12H2,1-2H3,(H,22,27)(H2,23,24,25,26)/b10-9+. The third-order valence-corrected chi connectivity index (χ3v) is 4.67. The first kappa shape index (κ1) is 19.6. The lowest BCUT2D eigenvalue weighted by atomic mass is 10.2. The summed E-state index contributed by atoms with van der Waals surface area (Å²) >= 11 is 1.59. The highest BCUT2D eigenvalue weighted by atomic mass is 32.1. The van der Waals surface area contributed by atoms with E-state index in [4.69, 9.17) is 0 Å². The molecule has 0 spiro atoms. The van der Waals surface area contributed by atoms with Crippen LogP contribution in [0, 0.1) is 13.8 Å². The predicted octanol–water partition coefficient (Wildman–Crippen LogP) is 4.14. The third-order valence-electron chi connectivity index (χ3n) is 3.83. The Labute approximate surface area is 168 Å². The van der Waals surface area contributed by atoms with Crippen molar-refractivity contribution in [1.82, 2.24) is 15.3 Å². The van der Waals surface area contributed by atoms with Gasteiger partial charge in [-0.05, 0) is 43.5 Å². The summed E-state index contributed by atoms with van der Waals surface area (Å²) in [6, 6.07) is 13.9. The Morgan fingerprint density at radius 3 is 2.68 bits per heavy atom. The minimum absolute atomic E-state index is 0.123. The number of nitrogens with zero attached hydrogens (tertiary/aromatic N) is 2. The van der Waals surface area contributed by atoms with Crippen molar-refractivity contribution in [2.45, 2.75) is 13.8 Å². The quantitative estimate of drug-likeness (QED) is 0.396. The Morgan fingerprint density at radius 1 is 1.11 bits per heavy atom. The lowest BCUT2D eigenvalue weighted by Gasteiger charge is -2.10. The molecule has 0 bridgehead atoms. The minimum Gasteiger partial charge on any atom is -0.352 e. The molecule has 1 aromatic carbocycles. The summed E-state index contributed by atoms with van der Waals surface area (Å²) < 4.78 is 0. The zero-order chi connectivity index (χ0) is 19.8. The van der Waals surface area contributed by atoms with Gasteiger partial charge in [-0.25, -0.2) is 4.98 Å². The number of nitrogens with one attached hydrogen (secondary N) is 3. The van der Waals surface area contributed by atoms with Crippen molar-refractivity contribution in [3.63, 3.8) is 0 Å². The van der Waals surface area contributed by atoms with Gasteiger partial charge in [-0.3, -0.25) is 4.79 Å². The average molecular weight is 394 g/mol. The molecule has 3 rings (SSSR count). The van der Waals surface area contributed by atoms with Gasteiger partial charge in [0.2, 0.25) is 11.9 Å². The molecule has 0 radical (unpaired) electrons. The molecule has 3 N–H and O–H groups in total. The van der Waals surface area contributed by atoms with Gasteiger partial charge in [0.1, 0.15) is 5.82 Å². The van der Waals surface area contributed by atoms with E-state index in [1.165, 1.54) is 5.56 Å². The second-order valence-corrected chi connectivity index (χ2v) is 7.26. The van der Waals surface area contributed by atoms with Crippen molar-refractivity contribution >= 4 is 40.8 Å². The number of amides is 1. The number of anilines is 3. The molecule has 0 unspecified atom stereocenters. The molecule has 0 saturated carbocycles. The first-order chi connectivity index (χ1) is 13.6. The minimum atomic E-state index is -0.123. The van der Waals surface area contributed by atoms with Gasteiger partial charge in [0.25, 0.3) is 0 Å². The smallest absolute Gasteiger partial charge is 0.244 e. The summed E-state index contributed by atoms with van der Waals surface area (Å²) in [5.74, 6) is 1.13. The Hall–Kier alpha value is -3.19. The third kappa shape index (κ3) is 6.21. The molecule has 3 aromatic rings. The summed E-state index contributed by atoms with van der Waals surface area (Å²) in [4.78, 5) is 21.7. The molecule has 144 valence electrons. The van der Waals surface area contributed by atoms with E-state index in [-0.39, 0.29) is 5.91 Å². The summed E-state index contributed by atoms with van der Waals surface area (Å²) in [6.07, 6.45) is 3.35. The van der Waals surface area contributed by atoms with Gasteiger partial charge in [0, 0.05) is 41.5 Å². The SMILES string of the molecule is Cc1ccc(Nc2cc(C)nc(NCCNC(=O)/C=C/c3cccs3)n2)cc1. The molecule has 0 saturated heterocycles. The molecule has 6 nitrogen and oxygen atoms in total. The van der Waals surface area contributed by atoms with Gasteiger partial charge in [-0.15, -0.1) is 11.3 Å². The van der Waals surface area contributed by atoms with E-state index in [0.717, 1.165) is 22.1 Å². The molecule has 0 atom stereocenters. The molecule has 0 aliphatic carbocycles. The Balaban J connectivity index is 1.48. The summed E-state index contributed by atoms with van der Waals surface area (Å²) in [5, 5.41) is 11.2. The molecule has 0 fully saturated rings. The van der Waals surface area contributed by atoms with Crippen LogP contribution in [-0.4, -0.2) is 29.0 Å². The van der Waals surface area contributed by atoms with E-state index in [9.17, 15) is 4.79 Å². The molecule has 7 heteroatoms. The van der Waals surface area contributed by atoms with Gasteiger partial charge in [-0.1, -0.05) is 23.8 Å². The first-order valence-corrected chi connectivity index (χ1v) is 9.89. The fourth-order valence-corrected chi connectivity index (χ4v) is 3.08. The van der Waals surface area contributed by atoms with Gasteiger partial charge in [0.05, 0.1) is 0 Å². The lowest BCUT2D eigenvalue weighted by molar-refractivity contribution is -0.116. The van der Waals surface area contributed by atoms with E-state index >= 15 is 0 Å². The predicted molar refractivity (Wildman–Crippen MR) is 116 cm³/mol. The van der Waals surface area contributed by atoms with Crippen LogP contribution in [0.3, 0.4) is 0 Å². The van der Waals surface area contributed by atoms with Crippen LogP contribution in [0.25, 0.3) is 6.08 Å². The van der Waals surface area contributed by atoms with E-state index < -0.39 is 0 Å². The highest BCUT2D eigenvalue weighted by Crippen LogP contribution is 2.17. The van der Waals surface area contributed by atoms with Crippen LogP contribution in [0.1, 0.15) is 16.1 Å². The Bertz CT molecular complexity index is 936. The van der Waals surface area contributed by atoms with Gasteiger partial charge in [0.15, 0.2) is 0 Å². The van der Waals surface area contributed by atoms with Crippen LogP contribution < -0.4 is 16.0 Å². The molecule has 1 amide bonds. The molecular formula is C21H23N5OS. The number of hydrogen-bond donors (Lipinski definition) is 3. The van der Waals surface area contributed by atoms with Crippen molar-refractivity contribution in [3.8, 4) is 0 Å². The second kappa shape index (κ2) is 9.66. The van der Waals surface area contributed by atoms with Crippen LogP contribution in [0.5, 0.6) is 0 Å². The number of aryl methyl sites for hydroxylation is 2. The highest BCUT2D eigenvalue weighted by molar-refractivity contribution is 7.10. The molecule has 2 heterocycles. The number of benzene rings is 1. The Kier molecular flexibility index (Phi) is 6.75. The lowest BCUT2D eigenvalue weighted by Crippen LogP contribution is -2.27. The van der Waals surface area contributed by atoms with Crippen LogP contribution >= 0.6 is 11.3 Å². The number of carbonyl (C=O) groups is 1. The zero-order valence-corrected chi connectivity index (χ0v) is 16.7. The fourth-order valence-electron chi connectivity index (χ4n) is 2.46. The van der Waals surface area contributed by atoms with Crippen molar-refractivity contribution in [1.29, 1.82) is 0 Å². The van der Waals surface area contributed by atoms with Crippen molar-refractivity contribution in [2.24, 2.45) is 0 Å². The first-order valence-electron chi connectivity index (χ1n) is 9.01. The number of aromatic nitrogens is 2. The van der Waals surface area contributed by atoms with E-state index in [1.54, 1.807) is 23.5 Å². The number of thiophene rings is 1. The fraction of sp³-hybridized carbons (Fsp3) is 0.190. The zero-order valence-electron chi connectivity index (χ0n) is 15.9. The largest absolute Gasteiger partial charge is 0.352 e. The van der Waals surface area contributed by atoms with Crippen molar-refractivity contribution < 1.29 is 4.79 Å². The average Bonchev–Trinajstić information content (AvgIpc) is 3.19. The second-order valence-electron chi connectivity index (χ2n) is 6.28. The Morgan fingerprint density at radius 2 is 1.93 bits per heavy atom. The van der Waals surface area contributed by atoms with Crippen molar-refractivity contribution in [2.75, 3.05) is 23.7 Å². The molecular weight excluding hydrogens is 370 g/mol. The normalized spacial score (nSPS) is 10.8. The van der Waals surface area contributed by atoms with E-state index in [2.05, 4.69) is 32.8 Å². The van der Waals surface area contributed by atoms with Gasteiger partial charge < -0.3 is 16.0 Å². The molecule has 28 heavy (non-hydrogen) atoms. The summed E-state index contributed by atoms with van der Waals surface area (Å²) in [7, 11) is 0. The molecule has 0 aliphatic heterocycles. The maximum atomic E-state index is 11.8. The summed E-state index contributed by atoms with van der Waals surface area (Å²) in [5.41, 5.74) is 3.04. The van der Waals surface area contributed by atoms with E-state index in [0.29, 0.717) is 19.0 Å². The van der Waals surface area contributed by atoms with E-state index in [1.807, 2.05) is 54.8 Å². The maximum absolute atomic E-state index is 11.8. The van der Waals surface area contributed by atoms with Crippen molar-refractivity contribution in [3.05, 3.63) is 70.1 Å². The number of carbonyl (C=O) groups excluding carboxylic acids is 1. The topological polar surface area (TPSA) is 78.9 Å². The summed E-state index contributed by atoms with van der Waals surface area (Å²) in [6.45, 7) is 4.99. The van der Waals surface area contributed by atoms with Crippen LogP contribution in [0.15, 0.2) is 53.9 Å². The maximum Gasteiger partial charge on any atom is 0.244 e. The highest BCUT2D eigenvalue weighted by Gasteiger charge is 2.03.